The zero-order chi connectivity index (χ0) is 11.5. The lowest BCUT2D eigenvalue weighted by Crippen LogP contribution is -1.97. The van der Waals surface area contributed by atoms with Crippen LogP contribution in [0.5, 0.6) is 0 Å². The SMILES string of the molecule is Nc1cnc(Nc2ccc(Br)c(Cl)c2)nc1. The van der Waals surface area contributed by atoms with Crippen molar-refractivity contribution < 1.29 is 0 Å². The molecule has 0 unspecified atom stereocenters. The molecule has 3 N–H and O–H groups in total. The number of nitrogen functional groups attached to an aromatic ring is 1. The van der Waals surface area contributed by atoms with Crippen molar-refractivity contribution in [3.05, 3.63) is 40.1 Å². The highest BCUT2D eigenvalue weighted by Gasteiger charge is 2.00. The Hall–Kier alpha value is -1.33. The standard InChI is InChI=1S/C10H8BrClN4/c11-8-2-1-7(3-9(8)12)16-10-14-4-6(13)5-15-10/h1-5H,13H2,(H,14,15,16). The predicted molar refractivity (Wildman–Crippen MR) is 68.9 cm³/mol. The minimum absolute atomic E-state index is 0.479. The minimum atomic E-state index is 0.479. The second-order valence-corrected chi connectivity index (χ2v) is 4.36. The number of nitrogens with one attached hydrogen (secondary N) is 1. The van der Waals surface area contributed by atoms with Crippen molar-refractivity contribution in [3.63, 3.8) is 0 Å². The van der Waals surface area contributed by atoms with Crippen LogP contribution in [0.3, 0.4) is 0 Å². The fourth-order valence-corrected chi connectivity index (χ4v) is 1.53. The van der Waals surface area contributed by atoms with Crippen molar-refractivity contribution in [3.8, 4) is 0 Å². The Kier molecular flexibility index (Phi) is 3.26. The largest absolute Gasteiger partial charge is 0.396 e. The summed E-state index contributed by atoms with van der Waals surface area (Å²) in [7, 11) is 0. The van der Waals surface area contributed by atoms with Crippen LogP contribution in [0.2, 0.25) is 5.02 Å². The van der Waals surface area contributed by atoms with E-state index in [-0.39, 0.29) is 0 Å². The first-order valence-corrected chi connectivity index (χ1v) is 5.62. The van der Waals surface area contributed by atoms with Gasteiger partial charge in [-0.05, 0) is 34.1 Å². The third kappa shape index (κ3) is 2.62. The molecule has 0 atom stereocenters. The van der Waals surface area contributed by atoms with E-state index in [0.717, 1.165) is 10.2 Å². The van der Waals surface area contributed by atoms with Crippen molar-refractivity contribution in [2.24, 2.45) is 0 Å². The molecule has 16 heavy (non-hydrogen) atoms. The molecule has 0 fully saturated rings. The third-order valence-corrected chi connectivity index (χ3v) is 3.08. The Labute approximate surface area is 106 Å². The molecule has 2 aromatic rings. The number of aromatic nitrogens is 2. The molecule has 0 bridgehead atoms. The van der Waals surface area contributed by atoms with Crippen LogP contribution in [0, 0.1) is 0 Å². The number of benzene rings is 1. The second-order valence-electron chi connectivity index (χ2n) is 3.09. The molecular formula is C10H8BrClN4. The maximum absolute atomic E-state index is 5.96. The van der Waals surface area contributed by atoms with Crippen LogP contribution >= 0.6 is 27.5 Å². The minimum Gasteiger partial charge on any atom is -0.396 e. The topological polar surface area (TPSA) is 63.8 Å². The van der Waals surface area contributed by atoms with E-state index in [1.165, 1.54) is 12.4 Å². The zero-order valence-electron chi connectivity index (χ0n) is 8.11. The Morgan fingerprint density at radius 2 is 1.94 bits per heavy atom. The molecular weight excluding hydrogens is 291 g/mol. The molecule has 0 aliphatic carbocycles. The van der Waals surface area contributed by atoms with Crippen LogP contribution in [0.25, 0.3) is 0 Å². The molecule has 0 radical (unpaired) electrons. The molecule has 4 nitrogen and oxygen atoms in total. The molecule has 1 heterocycles. The molecule has 0 spiro atoms. The summed E-state index contributed by atoms with van der Waals surface area (Å²) in [5, 5.41) is 3.64. The van der Waals surface area contributed by atoms with Gasteiger partial charge in [-0.25, -0.2) is 9.97 Å². The van der Waals surface area contributed by atoms with Gasteiger partial charge in [0.1, 0.15) is 0 Å². The van der Waals surface area contributed by atoms with E-state index < -0.39 is 0 Å². The number of hydrogen-bond acceptors (Lipinski definition) is 4. The van der Waals surface area contributed by atoms with E-state index in [4.69, 9.17) is 17.3 Å². The van der Waals surface area contributed by atoms with Gasteiger partial charge >= 0.3 is 0 Å². The summed E-state index contributed by atoms with van der Waals surface area (Å²) in [6.45, 7) is 0. The van der Waals surface area contributed by atoms with Crippen LogP contribution in [-0.2, 0) is 0 Å². The molecule has 6 heteroatoms. The average Bonchev–Trinajstić information content (AvgIpc) is 2.27. The highest BCUT2D eigenvalue weighted by Crippen LogP contribution is 2.26. The quantitative estimate of drug-likeness (QED) is 0.893. The maximum Gasteiger partial charge on any atom is 0.227 e. The third-order valence-electron chi connectivity index (χ3n) is 1.85. The first kappa shape index (κ1) is 11.2. The number of nitrogens with zero attached hydrogens (tertiary/aromatic N) is 2. The fourth-order valence-electron chi connectivity index (χ4n) is 1.11. The van der Waals surface area contributed by atoms with Gasteiger partial charge in [-0.15, -0.1) is 0 Å². The van der Waals surface area contributed by atoms with Gasteiger partial charge in [0.2, 0.25) is 5.95 Å². The van der Waals surface area contributed by atoms with Crippen LogP contribution < -0.4 is 11.1 Å². The monoisotopic (exact) mass is 298 g/mol. The van der Waals surface area contributed by atoms with E-state index in [1.54, 1.807) is 6.07 Å². The summed E-state index contributed by atoms with van der Waals surface area (Å²) in [6, 6.07) is 5.50. The van der Waals surface area contributed by atoms with E-state index in [2.05, 4.69) is 31.2 Å². The first-order valence-electron chi connectivity index (χ1n) is 4.45. The first-order chi connectivity index (χ1) is 7.65. The van der Waals surface area contributed by atoms with E-state index >= 15 is 0 Å². The highest BCUT2D eigenvalue weighted by molar-refractivity contribution is 9.10. The van der Waals surface area contributed by atoms with Gasteiger partial charge < -0.3 is 11.1 Å². The van der Waals surface area contributed by atoms with Crippen LogP contribution in [0.15, 0.2) is 35.1 Å². The number of halogens is 2. The Morgan fingerprint density at radius 1 is 1.25 bits per heavy atom. The van der Waals surface area contributed by atoms with E-state index in [1.807, 2.05) is 12.1 Å². The number of hydrogen-bond donors (Lipinski definition) is 2. The van der Waals surface area contributed by atoms with Crippen molar-refractivity contribution in [1.29, 1.82) is 0 Å². The van der Waals surface area contributed by atoms with Crippen molar-refractivity contribution >= 4 is 44.9 Å². The normalized spacial score (nSPS) is 10.1. The predicted octanol–water partition coefficient (Wildman–Crippen LogP) is 3.22. The molecule has 82 valence electrons. The Balaban J connectivity index is 2.20. The van der Waals surface area contributed by atoms with Crippen LogP contribution in [0.1, 0.15) is 0 Å². The smallest absolute Gasteiger partial charge is 0.227 e. The lowest BCUT2D eigenvalue weighted by atomic mass is 10.3. The summed E-state index contributed by atoms with van der Waals surface area (Å²) in [5.41, 5.74) is 6.83. The van der Waals surface area contributed by atoms with Crippen molar-refractivity contribution in [1.82, 2.24) is 9.97 Å². The lowest BCUT2D eigenvalue weighted by molar-refractivity contribution is 1.17. The number of rotatable bonds is 2. The molecule has 0 aliphatic heterocycles. The van der Waals surface area contributed by atoms with Crippen LogP contribution in [-0.4, -0.2) is 9.97 Å². The number of anilines is 3. The van der Waals surface area contributed by atoms with Gasteiger partial charge in [0.15, 0.2) is 0 Å². The average molecular weight is 300 g/mol. The maximum atomic E-state index is 5.96. The molecule has 0 saturated carbocycles. The fraction of sp³-hybridized carbons (Fsp3) is 0. The van der Waals surface area contributed by atoms with Gasteiger partial charge in [0, 0.05) is 10.2 Å². The van der Waals surface area contributed by atoms with Crippen molar-refractivity contribution in [2.75, 3.05) is 11.1 Å². The molecule has 0 saturated heterocycles. The zero-order valence-corrected chi connectivity index (χ0v) is 10.5. The Bertz CT molecular complexity index is 501. The lowest BCUT2D eigenvalue weighted by Gasteiger charge is -2.05. The van der Waals surface area contributed by atoms with Gasteiger partial charge in [0.05, 0.1) is 23.1 Å². The number of nitrogens with two attached hydrogens (primary N) is 1. The van der Waals surface area contributed by atoms with Gasteiger partial charge in [-0.1, -0.05) is 11.6 Å². The van der Waals surface area contributed by atoms with Gasteiger partial charge in [0.25, 0.3) is 0 Å². The Morgan fingerprint density at radius 3 is 2.56 bits per heavy atom. The summed E-state index contributed by atoms with van der Waals surface area (Å²) in [5.74, 6) is 0.479. The molecule has 1 aromatic heterocycles. The molecule has 0 aliphatic rings. The van der Waals surface area contributed by atoms with Crippen molar-refractivity contribution in [2.45, 2.75) is 0 Å². The van der Waals surface area contributed by atoms with E-state index in [0.29, 0.717) is 16.7 Å². The van der Waals surface area contributed by atoms with Gasteiger partial charge in [-0.3, -0.25) is 0 Å². The summed E-state index contributed by atoms with van der Waals surface area (Å²) < 4.78 is 0.845. The molecule has 2 rings (SSSR count). The highest BCUT2D eigenvalue weighted by atomic mass is 79.9. The molecule has 0 amide bonds. The summed E-state index contributed by atoms with van der Waals surface area (Å²) in [4.78, 5) is 8.05. The van der Waals surface area contributed by atoms with Crippen LogP contribution in [0.4, 0.5) is 17.3 Å². The molecule has 1 aromatic carbocycles. The summed E-state index contributed by atoms with van der Waals surface area (Å²) in [6.07, 6.45) is 3.07. The second kappa shape index (κ2) is 4.67. The van der Waals surface area contributed by atoms with E-state index in [9.17, 15) is 0 Å². The van der Waals surface area contributed by atoms with Gasteiger partial charge in [-0.2, -0.15) is 0 Å². The summed E-state index contributed by atoms with van der Waals surface area (Å²) >= 11 is 9.27.